The summed E-state index contributed by atoms with van der Waals surface area (Å²) in [6.45, 7) is 5.97. The minimum Gasteiger partial charge on any atom is -0.472 e. The van der Waals surface area contributed by atoms with Gasteiger partial charge in [0.25, 0.3) is 5.91 Å². The molecule has 0 fully saturated rings. The highest BCUT2D eigenvalue weighted by molar-refractivity contribution is 5.97. The molecule has 2 aromatic rings. The molecule has 3 atom stereocenters. The molecule has 1 aromatic carbocycles. The van der Waals surface area contributed by atoms with Crippen molar-refractivity contribution in [2.75, 3.05) is 32.1 Å². The number of allylic oxidation sites excluding steroid dienone is 1. The number of rotatable bonds is 6. The molecule has 8 nitrogen and oxygen atoms in total. The van der Waals surface area contributed by atoms with E-state index in [-0.39, 0.29) is 42.7 Å². The third-order valence-corrected chi connectivity index (χ3v) is 5.80. The number of hydrogen-bond acceptors (Lipinski definition) is 5. The quantitative estimate of drug-likeness (QED) is 0.672. The molecule has 2 heterocycles. The zero-order chi connectivity index (χ0) is 24.8. The predicted octanol–water partition coefficient (Wildman–Crippen LogP) is 3.64. The normalized spacial score (nSPS) is 19.1. The number of likely N-dealkylation sites (N-methyl/N-ethyl adjacent to an activating group) is 1. The van der Waals surface area contributed by atoms with Crippen molar-refractivity contribution in [2.45, 2.75) is 32.9 Å². The maximum absolute atomic E-state index is 13.3. The molecular weight excluding hydrogens is 439 g/mol. The SMILES string of the molecule is CC=Cc1cnc2c(c1)C(=O)N([C@@H](C)CO)C[C@H](C)[C@@H](CN(C)C(=O)Nc1ccc(F)cc1)O2. The lowest BCUT2D eigenvalue weighted by molar-refractivity contribution is 0.0356. The van der Waals surface area contributed by atoms with Crippen LogP contribution in [0, 0.1) is 11.7 Å². The molecule has 3 amide bonds. The summed E-state index contributed by atoms with van der Waals surface area (Å²) in [5, 5.41) is 12.5. The number of carbonyl (C=O) groups is 2. The van der Waals surface area contributed by atoms with E-state index in [4.69, 9.17) is 4.74 Å². The predicted molar refractivity (Wildman–Crippen MR) is 128 cm³/mol. The standard InChI is InChI=1S/C25H31FN4O4/c1-5-6-18-11-21-23(27-12-18)34-22(16(2)13-30(24(21)32)17(3)15-31)14-29(4)25(33)28-20-9-7-19(26)8-10-20/h5-12,16-17,22,31H,13-15H2,1-4H3,(H,28,33)/t16-,17-,22+/m0/s1. The molecule has 9 heteroatoms. The van der Waals surface area contributed by atoms with E-state index in [2.05, 4.69) is 10.3 Å². The first kappa shape index (κ1) is 25.2. The van der Waals surface area contributed by atoms with E-state index in [1.807, 2.05) is 26.0 Å². The van der Waals surface area contributed by atoms with E-state index >= 15 is 0 Å². The number of nitrogens with zero attached hydrogens (tertiary/aromatic N) is 3. The molecule has 0 radical (unpaired) electrons. The van der Waals surface area contributed by atoms with Gasteiger partial charge in [-0.25, -0.2) is 14.2 Å². The van der Waals surface area contributed by atoms with Crippen LogP contribution in [-0.4, -0.2) is 70.7 Å². The number of carbonyl (C=O) groups excluding carboxylic acids is 2. The fraction of sp³-hybridized carbons (Fsp3) is 0.400. The van der Waals surface area contributed by atoms with Gasteiger partial charge in [0, 0.05) is 31.4 Å². The van der Waals surface area contributed by atoms with Crippen LogP contribution in [-0.2, 0) is 0 Å². The van der Waals surface area contributed by atoms with Gasteiger partial charge in [-0.15, -0.1) is 0 Å². The van der Waals surface area contributed by atoms with Gasteiger partial charge in [0.2, 0.25) is 5.88 Å². The molecule has 182 valence electrons. The molecule has 0 unspecified atom stereocenters. The van der Waals surface area contributed by atoms with Gasteiger partial charge >= 0.3 is 6.03 Å². The molecule has 1 aliphatic heterocycles. The Morgan fingerprint density at radius 2 is 2.12 bits per heavy atom. The number of hydrogen-bond donors (Lipinski definition) is 2. The van der Waals surface area contributed by atoms with Gasteiger partial charge < -0.3 is 25.0 Å². The van der Waals surface area contributed by atoms with E-state index < -0.39 is 12.1 Å². The number of pyridine rings is 1. The van der Waals surface area contributed by atoms with Gasteiger partial charge in [0.1, 0.15) is 17.5 Å². The summed E-state index contributed by atoms with van der Waals surface area (Å²) in [6.07, 6.45) is 4.85. The number of fused-ring (bicyclic) bond motifs is 1. The molecule has 0 bridgehead atoms. The highest BCUT2D eigenvalue weighted by Gasteiger charge is 2.34. The van der Waals surface area contributed by atoms with Crippen molar-refractivity contribution >= 4 is 23.7 Å². The van der Waals surface area contributed by atoms with Crippen LogP contribution in [0.25, 0.3) is 6.08 Å². The van der Waals surface area contributed by atoms with E-state index in [9.17, 15) is 19.1 Å². The number of aromatic nitrogens is 1. The van der Waals surface area contributed by atoms with Gasteiger partial charge in [-0.2, -0.15) is 0 Å². The topological polar surface area (TPSA) is 95.0 Å². The Bertz CT molecular complexity index is 1040. The number of benzene rings is 1. The zero-order valence-electron chi connectivity index (χ0n) is 19.9. The fourth-order valence-corrected chi connectivity index (χ4v) is 3.72. The van der Waals surface area contributed by atoms with Crippen molar-refractivity contribution in [3.05, 3.63) is 59.5 Å². The lowest BCUT2D eigenvalue weighted by atomic mass is 10.00. The maximum atomic E-state index is 13.3. The van der Waals surface area contributed by atoms with Crippen molar-refractivity contribution in [1.29, 1.82) is 0 Å². The van der Waals surface area contributed by atoms with Crippen LogP contribution in [0.2, 0.25) is 0 Å². The van der Waals surface area contributed by atoms with E-state index in [1.165, 1.54) is 29.2 Å². The van der Waals surface area contributed by atoms with Crippen molar-refractivity contribution in [3.63, 3.8) is 0 Å². The molecule has 1 aromatic heterocycles. The number of amides is 3. The molecule has 2 N–H and O–H groups in total. The van der Waals surface area contributed by atoms with Crippen LogP contribution < -0.4 is 10.1 Å². The molecule has 0 saturated heterocycles. The largest absolute Gasteiger partial charge is 0.472 e. The first-order valence-electron chi connectivity index (χ1n) is 11.2. The monoisotopic (exact) mass is 470 g/mol. The van der Waals surface area contributed by atoms with Gasteiger partial charge in [0.15, 0.2) is 0 Å². The number of aliphatic hydroxyl groups excluding tert-OH is 1. The number of halogens is 1. The average Bonchev–Trinajstić information content (AvgIpc) is 2.82. The van der Waals surface area contributed by atoms with Gasteiger partial charge in [-0.3, -0.25) is 4.79 Å². The van der Waals surface area contributed by atoms with Gasteiger partial charge in [0.05, 0.1) is 19.2 Å². The zero-order valence-corrected chi connectivity index (χ0v) is 19.9. The molecule has 0 saturated carbocycles. The Kier molecular flexibility index (Phi) is 8.22. The van der Waals surface area contributed by atoms with Crippen LogP contribution in [0.5, 0.6) is 5.88 Å². The summed E-state index contributed by atoms with van der Waals surface area (Å²) in [7, 11) is 1.64. The van der Waals surface area contributed by atoms with Gasteiger partial charge in [-0.05, 0) is 49.7 Å². The van der Waals surface area contributed by atoms with Crippen LogP contribution in [0.3, 0.4) is 0 Å². The smallest absolute Gasteiger partial charge is 0.321 e. The first-order valence-corrected chi connectivity index (χ1v) is 11.2. The Morgan fingerprint density at radius 1 is 1.41 bits per heavy atom. The lowest BCUT2D eigenvalue weighted by Gasteiger charge is -2.37. The van der Waals surface area contributed by atoms with E-state index in [1.54, 1.807) is 31.1 Å². The summed E-state index contributed by atoms with van der Waals surface area (Å²) in [6, 6.07) is 6.46. The number of aliphatic hydroxyl groups is 1. The Balaban J connectivity index is 1.85. The molecule has 3 rings (SSSR count). The van der Waals surface area contributed by atoms with Crippen LogP contribution in [0.4, 0.5) is 14.9 Å². The van der Waals surface area contributed by atoms with Crippen molar-refractivity contribution in [2.24, 2.45) is 5.92 Å². The van der Waals surface area contributed by atoms with Crippen LogP contribution >= 0.6 is 0 Å². The Labute approximate surface area is 199 Å². The minimum atomic E-state index is -0.468. The Hall–Kier alpha value is -3.46. The van der Waals surface area contributed by atoms with Crippen LogP contribution in [0.1, 0.15) is 36.7 Å². The summed E-state index contributed by atoms with van der Waals surface area (Å²) in [5.74, 6) is -0.618. The Morgan fingerprint density at radius 3 is 2.76 bits per heavy atom. The fourth-order valence-electron chi connectivity index (χ4n) is 3.72. The second-order valence-electron chi connectivity index (χ2n) is 8.56. The number of urea groups is 1. The molecule has 1 aliphatic rings. The average molecular weight is 471 g/mol. The molecular formula is C25H31FN4O4. The number of ether oxygens (including phenoxy) is 1. The van der Waals surface area contributed by atoms with E-state index in [0.717, 1.165) is 5.56 Å². The van der Waals surface area contributed by atoms with E-state index in [0.29, 0.717) is 17.8 Å². The molecule has 34 heavy (non-hydrogen) atoms. The number of nitrogens with one attached hydrogen (secondary N) is 1. The second-order valence-corrected chi connectivity index (χ2v) is 8.56. The second kappa shape index (κ2) is 11.1. The summed E-state index contributed by atoms with van der Waals surface area (Å²) in [4.78, 5) is 33.5. The summed E-state index contributed by atoms with van der Waals surface area (Å²) < 4.78 is 19.3. The summed E-state index contributed by atoms with van der Waals surface area (Å²) >= 11 is 0. The third-order valence-electron chi connectivity index (χ3n) is 5.80. The minimum absolute atomic E-state index is 0.163. The van der Waals surface area contributed by atoms with Crippen molar-refractivity contribution < 1.29 is 23.8 Å². The maximum Gasteiger partial charge on any atom is 0.321 e. The van der Waals surface area contributed by atoms with Crippen molar-refractivity contribution in [1.82, 2.24) is 14.8 Å². The highest BCUT2D eigenvalue weighted by atomic mass is 19.1. The van der Waals surface area contributed by atoms with Crippen molar-refractivity contribution in [3.8, 4) is 5.88 Å². The summed E-state index contributed by atoms with van der Waals surface area (Å²) in [5.41, 5.74) is 1.55. The third kappa shape index (κ3) is 5.91. The lowest BCUT2D eigenvalue weighted by Crippen LogP contribution is -2.50. The first-order chi connectivity index (χ1) is 16.2. The molecule has 0 aliphatic carbocycles. The molecule has 0 spiro atoms. The number of anilines is 1. The highest BCUT2D eigenvalue weighted by Crippen LogP contribution is 2.27. The van der Waals surface area contributed by atoms with Crippen LogP contribution in [0.15, 0.2) is 42.6 Å². The van der Waals surface area contributed by atoms with Gasteiger partial charge in [-0.1, -0.05) is 19.1 Å².